The molecule has 1 aromatic rings. The molecule has 1 amide bonds. The van der Waals surface area contributed by atoms with Crippen LogP contribution in [0.5, 0.6) is 11.5 Å². The molecule has 1 heterocycles. The van der Waals surface area contributed by atoms with E-state index >= 15 is 0 Å². The van der Waals surface area contributed by atoms with Gasteiger partial charge in [-0.25, -0.2) is 0 Å². The second-order valence-corrected chi connectivity index (χ2v) is 4.48. The van der Waals surface area contributed by atoms with E-state index in [9.17, 15) is 9.90 Å². The van der Waals surface area contributed by atoms with Gasteiger partial charge in [-0.05, 0) is 37.0 Å². The summed E-state index contributed by atoms with van der Waals surface area (Å²) in [7, 11) is 0. The smallest absolute Gasteiger partial charge is 0.251 e. The number of hydrogen-bond donors (Lipinski definition) is 3. The highest BCUT2D eigenvalue weighted by Crippen LogP contribution is 2.24. The van der Waals surface area contributed by atoms with E-state index in [0.717, 1.165) is 26.1 Å². The number of aromatic hydroxyl groups is 2. The van der Waals surface area contributed by atoms with Gasteiger partial charge in [0.2, 0.25) is 0 Å². The minimum Gasteiger partial charge on any atom is -0.504 e. The van der Waals surface area contributed by atoms with Gasteiger partial charge < -0.3 is 20.3 Å². The Hall–Kier alpha value is -1.75. The Morgan fingerprint density at radius 2 is 2.22 bits per heavy atom. The van der Waals surface area contributed by atoms with Gasteiger partial charge in [0.25, 0.3) is 5.91 Å². The van der Waals surface area contributed by atoms with Crippen molar-refractivity contribution in [1.82, 2.24) is 5.32 Å². The minimum atomic E-state index is -0.285. The number of hydrogen-bond acceptors (Lipinski definition) is 4. The molecule has 0 spiro atoms. The van der Waals surface area contributed by atoms with E-state index in [1.165, 1.54) is 18.2 Å². The fraction of sp³-hybridized carbons (Fsp3) is 0.462. The maximum atomic E-state index is 11.7. The van der Waals surface area contributed by atoms with Crippen LogP contribution in [0, 0.1) is 5.92 Å². The van der Waals surface area contributed by atoms with E-state index in [1.54, 1.807) is 0 Å². The van der Waals surface area contributed by atoms with E-state index in [1.807, 2.05) is 0 Å². The lowest BCUT2D eigenvalue weighted by Gasteiger charge is -2.09. The summed E-state index contributed by atoms with van der Waals surface area (Å²) in [6.45, 7) is 2.18. The van der Waals surface area contributed by atoms with E-state index in [-0.39, 0.29) is 17.4 Å². The van der Waals surface area contributed by atoms with E-state index < -0.39 is 0 Å². The van der Waals surface area contributed by atoms with E-state index in [0.29, 0.717) is 18.0 Å². The lowest BCUT2D eigenvalue weighted by molar-refractivity contribution is 0.0950. The monoisotopic (exact) mass is 251 g/mol. The van der Waals surface area contributed by atoms with Crippen LogP contribution in [-0.4, -0.2) is 35.9 Å². The molecule has 2 rings (SSSR count). The van der Waals surface area contributed by atoms with Crippen LogP contribution in [0.15, 0.2) is 18.2 Å². The van der Waals surface area contributed by atoms with Crippen molar-refractivity contribution in [3.8, 4) is 11.5 Å². The average molecular weight is 251 g/mol. The third-order valence-corrected chi connectivity index (χ3v) is 3.10. The van der Waals surface area contributed by atoms with Gasteiger partial charge in [-0.1, -0.05) is 0 Å². The van der Waals surface area contributed by atoms with Crippen molar-refractivity contribution >= 4 is 5.91 Å². The number of benzene rings is 1. The number of phenols is 2. The minimum absolute atomic E-state index is 0.227. The highest BCUT2D eigenvalue weighted by Gasteiger charge is 2.15. The number of amides is 1. The van der Waals surface area contributed by atoms with Crippen molar-refractivity contribution in [2.24, 2.45) is 5.92 Å². The highest BCUT2D eigenvalue weighted by atomic mass is 16.5. The first-order valence-electron chi connectivity index (χ1n) is 6.05. The molecule has 1 aromatic carbocycles. The van der Waals surface area contributed by atoms with Crippen LogP contribution >= 0.6 is 0 Å². The SMILES string of the molecule is O=C(NCCC1CCOC1)c1ccc(O)c(O)c1. The molecular weight excluding hydrogens is 234 g/mol. The first kappa shape index (κ1) is 12.7. The molecule has 1 aliphatic heterocycles. The molecule has 5 nitrogen and oxygen atoms in total. The summed E-state index contributed by atoms with van der Waals surface area (Å²) in [5, 5.41) is 21.2. The molecule has 0 aliphatic carbocycles. The molecule has 1 fully saturated rings. The number of ether oxygens (including phenoxy) is 1. The van der Waals surface area contributed by atoms with Gasteiger partial charge in [0, 0.05) is 25.3 Å². The number of phenolic OH excluding ortho intramolecular Hbond substituents is 2. The predicted octanol–water partition coefficient (Wildman–Crippen LogP) is 1.25. The zero-order valence-corrected chi connectivity index (χ0v) is 10.1. The molecule has 1 atom stereocenters. The fourth-order valence-corrected chi connectivity index (χ4v) is 1.97. The summed E-state index contributed by atoms with van der Waals surface area (Å²) < 4.78 is 5.25. The van der Waals surface area contributed by atoms with Crippen LogP contribution in [-0.2, 0) is 4.74 Å². The Bertz CT molecular complexity index is 427. The highest BCUT2D eigenvalue weighted by molar-refractivity contribution is 5.94. The predicted molar refractivity (Wildman–Crippen MR) is 65.6 cm³/mol. The first-order valence-corrected chi connectivity index (χ1v) is 6.05. The Morgan fingerprint density at radius 3 is 2.89 bits per heavy atom. The van der Waals surface area contributed by atoms with Crippen molar-refractivity contribution in [3.05, 3.63) is 23.8 Å². The number of carbonyl (C=O) groups excluding carboxylic acids is 1. The zero-order chi connectivity index (χ0) is 13.0. The third kappa shape index (κ3) is 3.13. The number of rotatable bonds is 4. The van der Waals surface area contributed by atoms with Crippen molar-refractivity contribution in [3.63, 3.8) is 0 Å². The summed E-state index contributed by atoms with van der Waals surface area (Å²) in [6.07, 6.45) is 1.95. The standard InChI is InChI=1S/C13H17NO4/c15-11-2-1-10(7-12(11)16)13(17)14-5-3-9-4-6-18-8-9/h1-2,7,9,15-16H,3-6,8H2,(H,14,17). The summed E-state index contributed by atoms with van der Waals surface area (Å²) >= 11 is 0. The Kier molecular flexibility index (Phi) is 4.04. The summed E-state index contributed by atoms with van der Waals surface area (Å²) in [6, 6.07) is 4.03. The van der Waals surface area contributed by atoms with Gasteiger partial charge in [-0.2, -0.15) is 0 Å². The number of nitrogens with one attached hydrogen (secondary N) is 1. The largest absolute Gasteiger partial charge is 0.504 e. The van der Waals surface area contributed by atoms with Crippen molar-refractivity contribution in [1.29, 1.82) is 0 Å². The molecule has 1 saturated heterocycles. The molecule has 0 radical (unpaired) electrons. The third-order valence-electron chi connectivity index (χ3n) is 3.10. The Balaban J connectivity index is 1.81. The molecule has 0 aromatic heterocycles. The van der Waals surface area contributed by atoms with Crippen LogP contribution in [0.3, 0.4) is 0 Å². The van der Waals surface area contributed by atoms with Gasteiger partial charge >= 0.3 is 0 Å². The van der Waals surface area contributed by atoms with Gasteiger partial charge in [-0.3, -0.25) is 4.79 Å². The van der Waals surface area contributed by atoms with E-state index in [4.69, 9.17) is 9.84 Å². The van der Waals surface area contributed by atoms with Gasteiger partial charge in [0.15, 0.2) is 11.5 Å². The first-order chi connectivity index (χ1) is 8.66. The van der Waals surface area contributed by atoms with Crippen LogP contribution in [0.25, 0.3) is 0 Å². The lowest BCUT2D eigenvalue weighted by Crippen LogP contribution is -2.26. The summed E-state index contributed by atoms with van der Waals surface area (Å²) in [5.41, 5.74) is 0.341. The summed E-state index contributed by atoms with van der Waals surface area (Å²) in [5.74, 6) is -0.232. The zero-order valence-electron chi connectivity index (χ0n) is 10.1. The van der Waals surface area contributed by atoms with Gasteiger partial charge in [0.1, 0.15) is 0 Å². The van der Waals surface area contributed by atoms with Crippen molar-refractivity contribution in [2.45, 2.75) is 12.8 Å². The number of carbonyl (C=O) groups is 1. The lowest BCUT2D eigenvalue weighted by atomic mass is 10.1. The van der Waals surface area contributed by atoms with Gasteiger partial charge in [-0.15, -0.1) is 0 Å². The summed E-state index contributed by atoms with van der Waals surface area (Å²) in [4.78, 5) is 11.7. The maximum Gasteiger partial charge on any atom is 0.251 e. The Morgan fingerprint density at radius 1 is 1.39 bits per heavy atom. The van der Waals surface area contributed by atoms with Crippen LogP contribution in [0.4, 0.5) is 0 Å². The van der Waals surface area contributed by atoms with Crippen molar-refractivity contribution < 1.29 is 19.7 Å². The average Bonchev–Trinajstić information content (AvgIpc) is 2.85. The molecule has 3 N–H and O–H groups in total. The molecule has 0 bridgehead atoms. The molecule has 1 unspecified atom stereocenters. The maximum absolute atomic E-state index is 11.7. The van der Waals surface area contributed by atoms with Crippen LogP contribution in [0.2, 0.25) is 0 Å². The normalized spacial score (nSPS) is 18.8. The molecule has 5 heteroatoms. The van der Waals surface area contributed by atoms with E-state index in [2.05, 4.69) is 5.32 Å². The molecule has 98 valence electrons. The van der Waals surface area contributed by atoms with Crippen molar-refractivity contribution in [2.75, 3.05) is 19.8 Å². The van der Waals surface area contributed by atoms with Crippen LogP contribution in [0.1, 0.15) is 23.2 Å². The second-order valence-electron chi connectivity index (χ2n) is 4.48. The topological polar surface area (TPSA) is 78.8 Å². The van der Waals surface area contributed by atoms with Crippen LogP contribution < -0.4 is 5.32 Å². The molecular formula is C13H17NO4. The Labute approximate surface area is 105 Å². The van der Waals surface area contributed by atoms with Gasteiger partial charge in [0.05, 0.1) is 0 Å². The molecule has 1 aliphatic rings. The second kappa shape index (κ2) is 5.73. The quantitative estimate of drug-likeness (QED) is 0.704. The molecule has 0 saturated carbocycles. The fourth-order valence-electron chi connectivity index (χ4n) is 1.97. The molecule has 18 heavy (non-hydrogen) atoms.